The van der Waals surface area contributed by atoms with Crippen LogP contribution in [-0.4, -0.2) is 0 Å². The monoisotopic (exact) mass is 630 g/mol. The summed E-state index contributed by atoms with van der Waals surface area (Å²) in [6, 6.07) is 67.5. The van der Waals surface area contributed by atoms with Crippen molar-refractivity contribution in [2.75, 3.05) is 0 Å². The molecule has 50 heavy (non-hydrogen) atoms. The summed E-state index contributed by atoms with van der Waals surface area (Å²) in [6.07, 6.45) is 0. The van der Waals surface area contributed by atoms with Crippen LogP contribution in [0.3, 0.4) is 0 Å². The highest BCUT2D eigenvalue weighted by molar-refractivity contribution is 6.33. The van der Waals surface area contributed by atoms with Crippen molar-refractivity contribution in [2.45, 2.75) is 0 Å². The third kappa shape index (κ3) is 3.94. The zero-order valence-corrected chi connectivity index (χ0v) is 27.3. The van der Waals surface area contributed by atoms with Crippen LogP contribution in [-0.2, 0) is 0 Å². The van der Waals surface area contributed by atoms with Gasteiger partial charge in [-0.1, -0.05) is 152 Å². The highest BCUT2D eigenvalue weighted by Crippen LogP contribution is 2.48. The fraction of sp³-hybridized carbons (Fsp3) is 0. The van der Waals surface area contributed by atoms with E-state index in [0.29, 0.717) is 0 Å². The first-order valence-corrected chi connectivity index (χ1v) is 17.4. The predicted molar refractivity (Wildman–Crippen MR) is 216 cm³/mol. The molecule has 0 saturated heterocycles. The van der Waals surface area contributed by atoms with Gasteiger partial charge in [-0.2, -0.15) is 0 Å². The second-order valence-corrected chi connectivity index (χ2v) is 13.6. The largest absolute Gasteiger partial charge is 0.0622 e. The summed E-state index contributed by atoms with van der Waals surface area (Å²) in [5, 5.41) is 15.7. The van der Waals surface area contributed by atoms with Crippen molar-refractivity contribution in [1.29, 1.82) is 0 Å². The topological polar surface area (TPSA) is 0 Å². The van der Waals surface area contributed by atoms with Gasteiger partial charge in [0.15, 0.2) is 0 Å². The molecule has 11 aromatic rings. The first kappa shape index (κ1) is 27.5. The van der Waals surface area contributed by atoms with Gasteiger partial charge in [-0.3, -0.25) is 0 Å². The van der Waals surface area contributed by atoms with Crippen LogP contribution in [0.2, 0.25) is 0 Å². The highest BCUT2D eigenvalue weighted by atomic mass is 14.2. The third-order valence-corrected chi connectivity index (χ3v) is 10.9. The number of hydrogen-bond donors (Lipinski definition) is 0. The van der Waals surface area contributed by atoms with E-state index in [9.17, 15) is 0 Å². The van der Waals surface area contributed by atoms with E-state index in [4.69, 9.17) is 0 Å². The quantitative estimate of drug-likeness (QED) is 0.170. The van der Waals surface area contributed by atoms with E-state index in [0.717, 1.165) is 0 Å². The Labute approximate surface area is 290 Å². The summed E-state index contributed by atoms with van der Waals surface area (Å²) in [6.45, 7) is 0. The predicted octanol–water partition coefficient (Wildman–Crippen LogP) is 14.1. The average Bonchev–Trinajstić information content (AvgIpc) is 3.19. The number of rotatable bonds is 4. The van der Waals surface area contributed by atoms with Crippen molar-refractivity contribution in [2.24, 2.45) is 0 Å². The lowest BCUT2D eigenvalue weighted by molar-refractivity contribution is 1.61. The average molecular weight is 631 g/mol. The van der Waals surface area contributed by atoms with E-state index in [-0.39, 0.29) is 0 Å². The van der Waals surface area contributed by atoms with Crippen LogP contribution in [0.15, 0.2) is 182 Å². The van der Waals surface area contributed by atoms with Gasteiger partial charge in [-0.05, 0) is 139 Å². The first-order valence-electron chi connectivity index (χ1n) is 17.4. The molecule has 0 spiro atoms. The first-order chi connectivity index (χ1) is 24.8. The lowest BCUT2D eigenvalue weighted by Gasteiger charge is -2.21. The molecule has 0 fully saturated rings. The minimum absolute atomic E-state index is 1.24. The molecule has 11 rings (SSSR count). The van der Waals surface area contributed by atoms with Crippen molar-refractivity contribution in [1.82, 2.24) is 0 Å². The molecule has 0 saturated carbocycles. The summed E-state index contributed by atoms with van der Waals surface area (Å²) in [5.74, 6) is 0. The summed E-state index contributed by atoms with van der Waals surface area (Å²) >= 11 is 0. The molecule has 0 aromatic heterocycles. The Kier molecular flexibility index (Phi) is 5.76. The molecule has 230 valence electrons. The van der Waals surface area contributed by atoms with Crippen LogP contribution in [0.25, 0.3) is 109 Å². The van der Waals surface area contributed by atoms with Gasteiger partial charge in [0.1, 0.15) is 0 Å². The molecule has 0 aliphatic rings. The van der Waals surface area contributed by atoms with Crippen molar-refractivity contribution >= 4 is 64.6 Å². The van der Waals surface area contributed by atoms with E-state index in [1.165, 1.54) is 109 Å². The van der Waals surface area contributed by atoms with E-state index in [1.54, 1.807) is 0 Å². The van der Waals surface area contributed by atoms with Crippen molar-refractivity contribution < 1.29 is 0 Å². The number of benzene rings is 11. The Balaban J connectivity index is 1.19. The standard InChI is InChI=1S/C50H30/c1-3-12-31(13-4-1)33-16-7-17-34(26-33)44-28-36-19-11-25-42-46(30-38-21-9-23-40(44)48(38)50(36)42)45-29-37-20-8-22-39-43(32-14-5-2-6-15-32)27-35-18-10-24-41(45)49(35)47(37)39/h1-30H. The molecule has 0 amide bonds. The van der Waals surface area contributed by atoms with E-state index in [2.05, 4.69) is 182 Å². The normalized spacial score (nSPS) is 12.0. The molecule has 0 N–H and O–H groups in total. The highest BCUT2D eigenvalue weighted by Gasteiger charge is 2.20. The van der Waals surface area contributed by atoms with Crippen LogP contribution >= 0.6 is 0 Å². The molecule has 0 aliphatic carbocycles. The maximum atomic E-state index is 2.45. The van der Waals surface area contributed by atoms with Gasteiger partial charge in [-0.25, -0.2) is 0 Å². The van der Waals surface area contributed by atoms with Crippen molar-refractivity contribution in [3.05, 3.63) is 182 Å². The third-order valence-electron chi connectivity index (χ3n) is 10.9. The van der Waals surface area contributed by atoms with Crippen LogP contribution in [0.1, 0.15) is 0 Å². The minimum Gasteiger partial charge on any atom is -0.0622 e. The molecule has 0 aliphatic heterocycles. The molecule has 0 bridgehead atoms. The number of hydrogen-bond acceptors (Lipinski definition) is 0. The lowest BCUT2D eigenvalue weighted by atomic mass is 9.82. The second kappa shape index (κ2) is 10.5. The Morgan fingerprint density at radius 1 is 0.200 bits per heavy atom. The summed E-state index contributed by atoms with van der Waals surface area (Å²) in [5.41, 5.74) is 10.1. The summed E-state index contributed by atoms with van der Waals surface area (Å²) < 4.78 is 0. The Bertz CT molecular complexity index is 3060. The zero-order valence-electron chi connectivity index (χ0n) is 27.3. The molecule has 11 aromatic carbocycles. The van der Waals surface area contributed by atoms with Gasteiger partial charge in [0.2, 0.25) is 0 Å². The molecule has 0 heterocycles. The molecular weight excluding hydrogens is 601 g/mol. The van der Waals surface area contributed by atoms with Crippen LogP contribution in [0, 0.1) is 0 Å². The molecule has 0 radical (unpaired) electrons. The fourth-order valence-corrected chi connectivity index (χ4v) is 8.75. The van der Waals surface area contributed by atoms with E-state index >= 15 is 0 Å². The Hall–Kier alpha value is -6.50. The minimum atomic E-state index is 1.24. The molecular formula is C50H30. The van der Waals surface area contributed by atoms with Crippen LogP contribution in [0.5, 0.6) is 0 Å². The second-order valence-electron chi connectivity index (χ2n) is 13.6. The van der Waals surface area contributed by atoms with Gasteiger partial charge in [-0.15, -0.1) is 0 Å². The van der Waals surface area contributed by atoms with Crippen LogP contribution < -0.4 is 0 Å². The smallest absolute Gasteiger partial charge is 0.00201 e. The Morgan fingerprint density at radius 3 is 1.02 bits per heavy atom. The van der Waals surface area contributed by atoms with Gasteiger partial charge in [0.25, 0.3) is 0 Å². The van der Waals surface area contributed by atoms with Gasteiger partial charge in [0.05, 0.1) is 0 Å². The SMILES string of the molecule is c1ccc(-c2cccc(-c3cc4cccc5c(-c6cc7cccc8c(-c9ccccc9)cc9cccc6c9c78)cc6cccc3c6c45)c2)cc1. The van der Waals surface area contributed by atoms with E-state index < -0.39 is 0 Å². The van der Waals surface area contributed by atoms with Crippen molar-refractivity contribution in [3.8, 4) is 44.5 Å². The molecule has 0 heteroatoms. The van der Waals surface area contributed by atoms with Gasteiger partial charge < -0.3 is 0 Å². The van der Waals surface area contributed by atoms with Gasteiger partial charge in [0, 0.05) is 0 Å². The van der Waals surface area contributed by atoms with E-state index in [1.807, 2.05) is 0 Å². The maximum Gasteiger partial charge on any atom is -0.00201 e. The molecule has 0 unspecified atom stereocenters. The maximum absolute atomic E-state index is 2.45. The van der Waals surface area contributed by atoms with Crippen molar-refractivity contribution in [3.63, 3.8) is 0 Å². The zero-order chi connectivity index (χ0) is 32.8. The fourth-order valence-electron chi connectivity index (χ4n) is 8.75. The molecule has 0 nitrogen and oxygen atoms in total. The molecule has 0 atom stereocenters. The Morgan fingerprint density at radius 2 is 0.540 bits per heavy atom. The summed E-state index contributed by atoms with van der Waals surface area (Å²) in [7, 11) is 0. The van der Waals surface area contributed by atoms with Crippen LogP contribution in [0.4, 0.5) is 0 Å². The van der Waals surface area contributed by atoms with Gasteiger partial charge >= 0.3 is 0 Å². The summed E-state index contributed by atoms with van der Waals surface area (Å²) in [4.78, 5) is 0. The lowest BCUT2D eigenvalue weighted by Crippen LogP contribution is -1.93.